The maximum atomic E-state index is 12.3. The van der Waals surface area contributed by atoms with E-state index in [0.29, 0.717) is 22.8 Å². The fourth-order valence-corrected chi connectivity index (χ4v) is 2.60. The van der Waals surface area contributed by atoms with Crippen LogP contribution < -0.4 is 4.74 Å². The van der Waals surface area contributed by atoms with Crippen molar-refractivity contribution in [1.82, 2.24) is 0 Å². The minimum atomic E-state index is 0.000386. The maximum absolute atomic E-state index is 12.3. The third kappa shape index (κ3) is 3.37. The van der Waals surface area contributed by atoms with Crippen LogP contribution in [-0.4, -0.2) is 12.9 Å². The average molecular weight is 340 g/mol. The van der Waals surface area contributed by atoms with Crippen molar-refractivity contribution in [3.63, 3.8) is 0 Å². The molecule has 0 spiro atoms. The molecule has 2 aromatic rings. The lowest BCUT2D eigenvalue weighted by atomic mass is 10.0. The molecule has 2 nitrogen and oxygen atoms in total. The van der Waals surface area contributed by atoms with Crippen LogP contribution >= 0.6 is 27.5 Å². The number of para-hydroxylation sites is 1. The minimum absolute atomic E-state index is 0.000386. The van der Waals surface area contributed by atoms with Gasteiger partial charge in [-0.25, -0.2) is 0 Å². The lowest BCUT2D eigenvalue weighted by molar-refractivity contribution is 0.0990. The first-order valence-corrected chi connectivity index (χ1v) is 6.89. The summed E-state index contributed by atoms with van der Waals surface area (Å²) in [5.74, 6) is 0.565. The molecule has 0 unspecified atom stereocenters. The molecule has 0 radical (unpaired) electrons. The van der Waals surface area contributed by atoms with Gasteiger partial charge in [-0.05, 0) is 45.8 Å². The van der Waals surface area contributed by atoms with Crippen LogP contribution in [0.1, 0.15) is 15.9 Å². The lowest BCUT2D eigenvalue weighted by Crippen LogP contribution is -2.06. The quantitative estimate of drug-likeness (QED) is 0.765. The zero-order chi connectivity index (χ0) is 13.8. The number of carbonyl (C=O) groups excluding carboxylic acids is 1. The predicted octanol–water partition coefficient (Wildman–Crippen LogP) is 4.54. The van der Waals surface area contributed by atoms with E-state index < -0.39 is 0 Å². The van der Waals surface area contributed by atoms with Gasteiger partial charge in [0.05, 0.1) is 17.1 Å². The Bertz CT molecular complexity index is 611. The molecule has 0 aliphatic carbocycles. The van der Waals surface area contributed by atoms with Gasteiger partial charge >= 0.3 is 0 Å². The topological polar surface area (TPSA) is 26.3 Å². The van der Waals surface area contributed by atoms with Crippen molar-refractivity contribution in [2.24, 2.45) is 0 Å². The lowest BCUT2D eigenvalue weighted by Gasteiger charge is -2.09. The van der Waals surface area contributed by atoms with E-state index in [1.807, 2.05) is 24.3 Å². The molecule has 0 saturated carbocycles. The largest absolute Gasteiger partial charge is 0.495 e. The molecule has 2 aromatic carbocycles. The molecule has 0 aromatic heterocycles. The third-order valence-electron chi connectivity index (χ3n) is 2.73. The molecule has 0 bridgehead atoms. The van der Waals surface area contributed by atoms with Gasteiger partial charge in [0.25, 0.3) is 0 Å². The Morgan fingerprint density at radius 2 is 2.00 bits per heavy atom. The summed E-state index contributed by atoms with van der Waals surface area (Å²) in [7, 11) is 1.55. The van der Waals surface area contributed by atoms with Gasteiger partial charge in [-0.3, -0.25) is 4.79 Å². The molecule has 19 heavy (non-hydrogen) atoms. The second kappa shape index (κ2) is 6.22. The van der Waals surface area contributed by atoms with E-state index in [1.54, 1.807) is 25.3 Å². The van der Waals surface area contributed by atoms with Crippen LogP contribution in [-0.2, 0) is 6.42 Å². The van der Waals surface area contributed by atoms with Crippen molar-refractivity contribution in [2.75, 3.05) is 7.11 Å². The molecule has 0 heterocycles. The van der Waals surface area contributed by atoms with Gasteiger partial charge < -0.3 is 4.74 Å². The van der Waals surface area contributed by atoms with Crippen molar-refractivity contribution in [1.29, 1.82) is 0 Å². The summed E-state index contributed by atoms with van der Waals surface area (Å²) < 4.78 is 6.04. The summed E-state index contributed by atoms with van der Waals surface area (Å²) >= 11 is 9.29. The zero-order valence-corrected chi connectivity index (χ0v) is 12.7. The van der Waals surface area contributed by atoms with Crippen LogP contribution in [0.4, 0.5) is 0 Å². The van der Waals surface area contributed by atoms with Gasteiger partial charge in [0.1, 0.15) is 5.75 Å². The summed E-state index contributed by atoms with van der Waals surface area (Å²) in [4.78, 5) is 12.3. The molecule has 2 rings (SSSR count). The highest BCUT2D eigenvalue weighted by Crippen LogP contribution is 2.29. The van der Waals surface area contributed by atoms with Gasteiger partial charge in [0.15, 0.2) is 5.78 Å². The molecule has 0 fully saturated rings. The van der Waals surface area contributed by atoms with Gasteiger partial charge in [-0.15, -0.1) is 0 Å². The summed E-state index contributed by atoms with van der Waals surface area (Å²) in [6, 6.07) is 12.7. The Morgan fingerprint density at radius 1 is 1.26 bits per heavy atom. The Kier molecular flexibility index (Phi) is 4.61. The highest BCUT2D eigenvalue weighted by molar-refractivity contribution is 9.10. The van der Waals surface area contributed by atoms with E-state index in [9.17, 15) is 4.79 Å². The number of halogens is 2. The second-order valence-corrected chi connectivity index (χ2v) is 5.34. The van der Waals surface area contributed by atoms with E-state index in [1.165, 1.54) is 0 Å². The van der Waals surface area contributed by atoms with Gasteiger partial charge in [0, 0.05) is 11.4 Å². The van der Waals surface area contributed by atoms with Crippen molar-refractivity contribution in [2.45, 2.75) is 6.42 Å². The number of ether oxygens (including phenoxy) is 1. The van der Waals surface area contributed by atoms with Crippen LogP contribution in [0.25, 0.3) is 0 Å². The average Bonchev–Trinajstić information content (AvgIpc) is 2.38. The van der Waals surface area contributed by atoms with Gasteiger partial charge in [0.2, 0.25) is 0 Å². The van der Waals surface area contributed by atoms with E-state index in [2.05, 4.69) is 15.9 Å². The number of hydrogen-bond acceptors (Lipinski definition) is 2. The Balaban J connectivity index is 2.28. The van der Waals surface area contributed by atoms with Gasteiger partial charge in [-0.2, -0.15) is 0 Å². The molecule has 0 aliphatic rings. The summed E-state index contributed by atoms with van der Waals surface area (Å²) in [5, 5.41) is 0.631. The Morgan fingerprint density at radius 3 is 2.68 bits per heavy atom. The van der Waals surface area contributed by atoms with Crippen LogP contribution in [0.5, 0.6) is 5.75 Å². The number of benzene rings is 2. The second-order valence-electron chi connectivity index (χ2n) is 4.05. The minimum Gasteiger partial charge on any atom is -0.495 e. The number of hydrogen-bond donors (Lipinski definition) is 0. The molecular weight excluding hydrogens is 328 g/mol. The number of carbonyl (C=O) groups is 1. The van der Waals surface area contributed by atoms with Crippen LogP contribution in [0.15, 0.2) is 46.9 Å². The first-order valence-electron chi connectivity index (χ1n) is 5.72. The highest BCUT2D eigenvalue weighted by Gasteiger charge is 2.15. The summed E-state index contributed by atoms with van der Waals surface area (Å²) in [6.45, 7) is 0. The van der Waals surface area contributed by atoms with E-state index >= 15 is 0 Å². The van der Waals surface area contributed by atoms with Crippen molar-refractivity contribution >= 4 is 33.3 Å². The number of Topliss-reactive ketones (excluding diaryl/α,β-unsaturated/α-hetero) is 1. The highest BCUT2D eigenvalue weighted by atomic mass is 79.9. The number of methoxy groups -OCH3 is 1. The summed E-state index contributed by atoms with van der Waals surface area (Å²) in [6.07, 6.45) is 0.299. The maximum Gasteiger partial charge on any atom is 0.170 e. The van der Waals surface area contributed by atoms with Gasteiger partial charge in [-0.1, -0.05) is 29.8 Å². The standard InChI is InChI=1S/C15H12BrClO2/c1-19-15-12(6-3-7-13(15)16)14(18)9-10-4-2-5-11(17)8-10/h2-8H,9H2,1H3. The molecule has 0 aliphatic heterocycles. The zero-order valence-electron chi connectivity index (χ0n) is 10.3. The Labute approximate surface area is 125 Å². The molecular formula is C15H12BrClO2. The number of rotatable bonds is 4. The SMILES string of the molecule is COc1c(Br)cccc1C(=O)Cc1cccc(Cl)c1. The predicted molar refractivity (Wildman–Crippen MR) is 80.2 cm³/mol. The van der Waals surface area contributed by atoms with Crippen molar-refractivity contribution in [3.05, 3.63) is 63.1 Å². The van der Waals surface area contributed by atoms with Crippen molar-refractivity contribution < 1.29 is 9.53 Å². The fourth-order valence-electron chi connectivity index (χ4n) is 1.86. The molecule has 0 atom stereocenters. The molecule has 0 saturated heterocycles. The van der Waals surface area contributed by atoms with E-state index in [0.717, 1.165) is 10.0 Å². The summed E-state index contributed by atoms with van der Waals surface area (Å²) in [5.41, 5.74) is 1.45. The monoisotopic (exact) mass is 338 g/mol. The first kappa shape index (κ1) is 14.1. The number of ketones is 1. The van der Waals surface area contributed by atoms with E-state index in [-0.39, 0.29) is 5.78 Å². The van der Waals surface area contributed by atoms with E-state index in [4.69, 9.17) is 16.3 Å². The smallest absolute Gasteiger partial charge is 0.170 e. The van der Waals surface area contributed by atoms with Crippen molar-refractivity contribution in [3.8, 4) is 5.75 Å². The molecule has 98 valence electrons. The van der Waals surface area contributed by atoms with Crippen LogP contribution in [0.3, 0.4) is 0 Å². The normalized spacial score (nSPS) is 10.3. The molecule has 0 amide bonds. The third-order valence-corrected chi connectivity index (χ3v) is 3.58. The Hall–Kier alpha value is -1.32. The van der Waals surface area contributed by atoms with Crippen LogP contribution in [0, 0.1) is 0 Å². The molecule has 4 heteroatoms. The molecule has 0 N–H and O–H groups in total. The fraction of sp³-hybridized carbons (Fsp3) is 0.133. The first-order chi connectivity index (χ1) is 9.11. The van der Waals surface area contributed by atoms with Crippen LogP contribution in [0.2, 0.25) is 5.02 Å².